The van der Waals surface area contributed by atoms with Crippen molar-refractivity contribution in [2.45, 2.75) is 12.5 Å². The maximum atomic E-state index is 11.1. The highest BCUT2D eigenvalue weighted by molar-refractivity contribution is 14.2. The molecule has 0 amide bonds. The van der Waals surface area contributed by atoms with Gasteiger partial charge in [0.25, 0.3) is 10.1 Å². The summed E-state index contributed by atoms with van der Waals surface area (Å²) in [6, 6.07) is -0.357. The van der Waals surface area contributed by atoms with Crippen molar-refractivity contribution in [3.05, 3.63) is 21.3 Å². The predicted molar refractivity (Wildman–Crippen MR) is 64.8 cm³/mol. The number of rotatable bonds is 1. The number of nitrogens with one attached hydrogen (secondary N) is 1. The van der Waals surface area contributed by atoms with E-state index in [-0.39, 0.29) is 16.9 Å². The predicted octanol–water partition coefficient (Wildman–Crippen LogP) is 0.694. The van der Waals surface area contributed by atoms with Crippen molar-refractivity contribution in [3.63, 3.8) is 0 Å². The quantitative estimate of drug-likeness (QED) is 0.482. The van der Waals surface area contributed by atoms with E-state index < -0.39 is 30.8 Å². The highest BCUT2D eigenvalue weighted by Crippen LogP contribution is 2.34. The zero-order valence-corrected chi connectivity index (χ0v) is 10.6. The molecule has 2 atom stereocenters. The Morgan fingerprint density at radius 2 is 2.27 bits per heavy atom. The number of hydrogen-bond acceptors (Lipinski definition) is 4. The Hall–Kier alpha value is -0.250. The number of aliphatic hydroxyl groups excluding tert-OH is 1. The monoisotopic (exact) mass is 343 g/mol. The minimum Gasteiger partial charge on any atom is -0.381 e. The molecule has 7 heteroatoms. The first-order chi connectivity index (χ1) is 7.00. The van der Waals surface area contributed by atoms with E-state index in [4.69, 9.17) is 4.55 Å². The van der Waals surface area contributed by atoms with Gasteiger partial charge in [-0.25, -0.2) is 0 Å². The molecule has 15 heavy (non-hydrogen) atoms. The molecule has 0 bridgehead atoms. The second-order valence-electron chi connectivity index (χ2n) is 3.31. The Morgan fingerprint density at radius 1 is 1.53 bits per heavy atom. The lowest BCUT2D eigenvalue weighted by Gasteiger charge is -2.31. The molecule has 0 spiro atoms. The molecule has 0 radical (unpaired) electrons. The first kappa shape index (κ1) is 11.2. The summed E-state index contributed by atoms with van der Waals surface area (Å²) in [6.45, 7) is 0. The first-order valence-corrected chi connectivity index (χ1v) is 8.04. The molecule has 2 unspecified atom stereocenters. The molecule has 0 saturated heterocycles. The Bertz CT molecular complexity index is 465. The number of halogens is 1. The molecule has 2 heterocycles. The molecule has 84 valence electrons. The van der Waals surface area contributed by atoms with Crippen molar-refractivity contribution in [1.82, 2.24) is 5.32 Å². The van der Waals surface area contributed by atoms with Gasteiger partial charge in [-0.3, -0.25) is 4.55 Å². The first-order valence-electron chi connectivity index (χ1n) is 4.28. The van der Waals surface area contributed by atoms with Gasteiger partial charge in [0.05, 0.1) is 10.9 Å². The van der Waals surface area contributed by atoms with E-state index in [0.717, 1.165) is 0 Å². The van der Waals surface area contributed by atoms with Crippen LogP contribution in [-0.4, -0.2) is 27.8 Å². The van der Waals surface area contributed by atoms with Crippen LogP contribution in [-0.2, 0) is 10.1 Å². The van der Waals surface area contributed by atoms with Crippen LogP contribution in [0.4, 0.5) is 0 Å². The molecule has 2 aliphatic rings. The Labute approximate surface area is 97.4 Å². The van der Waals surface area contributed by atoms with Crippen LogP contribution in [0.25, 0.3) is 0 Å². The van der Waals surface area contributed by atoms with Gasteiger partial charge >= 0.3 is 0 Å². The fraction of sp³-hybridized carbons (Fsp3) is 0.375. The summed E-state index contributed by atoms with van der Waals surface area (Å²) in [4.78, 5) is 0.0509. The number of aliphatic hydroxyl groups is 1. The van der Waals surface area contributed by atoms with Gasteiger partial charge in [0.2, 0.25) is 0 Å². The molecular formula is C8H10INO4S. The maximum absolute atomic E-state index is 11.1. The van der Waals surface area contributed by atoms with Crippen LogP contribution in [0.1, 0.15) is 6.42 Å². The summed E-state index contributed by atoms with van der Waals surface area (Å²) < 4.78 is 33.1. The summed E-state index contributed by atoms with van der Waals surface area (Å²) in [5, 5.41) is 12.6. The minimum atomic E-state index is -4.13. The van der Waals surface area contributed by atoms with Crippen molar-refractivity contribution < 1.29 is 18.1 Å². The zero-order valence-electron chi connectivity index (χ0n) is 7.59. The molecule has 5 nitrogen and oxygen atoms in total. The number of hydrogen-bond donors (Lipinski definition) is 3. The lowest BCUT2D eigenvalue weighted by molar-refractivity contribution is 0.431. The van der Waals surface area contributed by atoms with Crippen LogP contribution < -0.4 is 5.32 Å². The SMILES string of the molecule is O=S(=O)(O)C1=CI=C(O)C2NC=CCC12. The average molecular weight is 343 g/mol. The summed E-state index contributed by atoms with van der Waals surface area (Å²) in [7, 11) is -4.13. The summed E-state index contributed by atoms with van der Waals surface area (Å²) >= 11 is -0.826. The van der Waals surface area contributed by atoms with Crippen LogP contribution >= 0.6 is 20.7 Å². The molecule has 2 rings (SSSR count). The standard InChI is InChI=1S/C8H10INO4S/c11-8-7-5(2-1-3-10-7)6(4-9-8)15(12,13)14/h1,3-5,7,10-11H,2H2,(H,12,13,14). The van der Waals surface area contributed by atoms with E-state index in [0.29, 0.717) is 10.1 Å². The largest absolute Gasteiger partial charge is 0.381 e. The zero-order chi connectivity index (χ0) is 11.1. The summed E-state index contributed by atoms with van der Waals surface area (Å²) in [6.07, 6.45) is 4.00. The van der Waals surface area contributed by atoms with Crippen LogP contribution in [0.15, 0.2) is 21.3 Å². The smallest absolute Gasteiger partial charge is 0.291 e. The topological polar surface area (TPSA) is 86.6 Å². The molecule has 0 aliphatic carbocycles. The normalized spacial score (nSPS) is 30.5. The van der Waals surface area contributed by atoms with Gasteiger partial charge in [0, 0.05) is 5.92 Å². The summed E-state index contributed by atoms with van der Waals surface area (Å²) in [5.41, 5.74) is 0. The van der Waals surface area contributed by atoms with Crippen molar-refractivity contribution in [2.24, 2.45) is 5.92 Å². The van der Waals surface area contributed by atoms with Gasteiger partial charge in [0.15, 0.2) is 0 Å². The summed E-state index contributed by atoms with van der Waals surface area (Å²) in [5.74, 6) is -0.376. The highest BCUT2D eigenvalue weighted by atomic mass is 127. The lowest BCUT2D eigenvalue weighted by Crippen LogP contribution is -2.44. The van der Waals surface area contributed by atoms with Gasteiger partial charge in [0.1, 0.15) is 3.69 Å². The number of allylic oxidation sites excluding steroid dienone is 1. The third kappa shape index (κ3) is 2.14. The van der Waals surface area contributed by atoms with Crippen LogP contribution in [0.3, 0.4) is 0 Å². The van der Waals surface area contributed by atoms with Crippen molar-refractivity contribution in [3.8, 4) is 0 Å². The molecule has 0 saturated carbocycles. The second kappa shape index (κ2) is 3.96. The van der Waals surface area contributed by atoms with Crippen molar-refractivity contribution in [1.29, 1.82) is 0 Å². The van der Waals surface area contributed by atoms with Gasteiger partial charge < -0.3 is 10.4 Å². The molecule has 0 aromatic heterocycles. The van der Waals surface area contributed by atoms with E-state index in [1.54, 1.807) is 12.3 Å². The average Bonchev–Trinajstić information content (AvgIpc) is 2.17. The molecule has 0 aromatic rings. The van der Waals surface area contributed by atoms with Crippen LogP contribution in [0.2, 0.25) is 0 Å². The van der Waals surface area contributed by atoms with E-state index >= 15 is 0 Å². The van der Waals surface area contributed by atoms with E-state index in [1.807, 2.05) is 0 Å². The highest BCUT2D eigenvalue weighted by Gasteiger charge is 2.36. The molecular weight excluding hydrogens is 333 g/mol. The molecule has 3 N–H and O–H groups in total. The maximum Gasteiger partial charge on any atom is 0.291 e. The lowest BCUT2D eigenvalue weighted by atomic mass is 9.94. The van der Waals surface area contributed by atoms with Crippen LogP contribution in [0, 0.1) is 5.92 Å². The minimum absolute atomic E-state index is 0.0509. The fourth-order valence-electron chi connectivity index (χ4n) is 1.66. The molecule has 0 aromatic carbocycles. The Morgan fingerprint density at radius 3 is 2.93 bits per heavy atom. The van der Waals surface area contributed by atoms with Crippen LogP contribution in [0.5, 0.6) is 0 Å². The van der Waals surface area contributed by atoms with Crippen molar-refractivity contribution in [2.75, 3.05) is 0 Å². The second-order valence-corrected chi connectivity index (χ2v) is 7.08. The van der Waals surface area contributed by atoms with E-state index in [1.165, 1.54) is 4.08 Å². The van der Waals surface area contributed by atoms with Gasteiger partial charge in [-0.05, 0) is 16.7 Å². The molecule has 2 aliphatic heterocycles. The fourth-order valence-corrected chi connectivity index (χ4v) is 5.74. The van der Waals surface area contributed by atoms with Gasteiger partial charge in [-0.15, -0.1) is 0 Å². The van der Waals surface area contributed by atoms with E-state index in [9.17, 15) is 13.5 Å². The van der Waals surface area contributed by atoms with Gasteiger partial charge in [-0.2, -0.15) is 8.42 Å². The van der Waals surface area contributed by atoms with Gasteiger partial charge in [-0.1, -0.05) is 26.8 Å². The molecule has 0 fully saturated rings. The third-order valence-corrected chi connectivity index (χ3v) is 6.11. The third-order valence-electron chi connectivity index (χ3n) is 2.38. The Kier molecular flexibility index (Phi) is 2.97. The van der Waals surface area contributed by atoms with E-state index in [2.05, 4.69) is 5.32 Å². The number of fused-ring (bicyclic) bond motifs is 1. The van der Waals surface area contributed by atoms with Crippen molar-refractivity contribution >= 4 is 34.5 Å². The Balaban J connectivity index is 2.45.